The smallest absolute Gasteiger partial charge is 0.139 e. The van der Waals surface area contributed by atoms with E-state index in [0.29, 0.717) is 10.2 Å². The number of nitrogens with zero attached hydrogens (tertiary/aromatic N) is 1. The predicted octanol–water partition coefficient (Wildman–Crippen LogP) is 5.18. The van der Waals surface area contributed by atoms with Gasteiger partial charge in [-0.25, -0.2) is 4.98 Å². The Morgan fingerprint density at radius 3 is 2.68 bits per heavy atom. The van der Waals surface area contributed by atoms with Gasteiger partial charge in [0.25, 0.3) is 0 Å². The van der Waals surface area contributed by atoms with E-state index < -0.39 is 0 Å². The van der Waals surface area contributed by atoms with Gasteiger partial charge in [0.05, 0.1) is 11.0 Å². The SMILES string of the molecule is Clc1ccc2nc(Cl)c3c4ccccc4[nH]c3c2c1. The zero-order valence-electron chi connectivity index (χ0n) is 9.74. The Bertz CT molecular complexity index is 941. The molecule has 92 valence electrons. The first-order valence-electron chi connectivity index (χ1n) is 5.89. The number of aromatic amines is 1. The molecule has 0 aliphatic heterocycles. The van der Waals surface area contributed by atoms with Crippen molar-refractivity contribution in [3.63, 3.8) is 0 Å². The monoisotopic (exact) mass is 286 g/mol. The van der Waals surface area contributed by atoms with Crippen molar-refractivity contribution in [3.8, 4) is 0 Å². The molecule has 0 fully saturated rings. The molecule has 0 atom stereocenters. The van der Waals surface area contributed by atoms with Gasteiger partial charge in [0.1, 0.15) is 5.15 Å². The van der Waals surface area contributed by atoms with Crippen LogP contribution in [0.15, 0.2) is 42.5 Å². The molecule has 0 amide bonds. The molecule has 0 unspecified atom stereocenters. The molecule has 4 heteroatoms. The molecule has 2 nitrogen and oxygen atoms in total. The third-order valence-corrected chi connectivity index (χ3v) is 3.87. The van der Waals surface area contributed by atoms with E-state index in [2.05, 4.69) is 9.97 Å². The number of hydrogen-bond acceptors (Lipinski definition) is 1. The van der Waals surface area contributed by atoms with E-state index in [4.69, 9.17) is 23.2 Å². The van der Waals surface area contributed by atoms with E-state index in [1.54, 1.807) is 0 Å². The first kappa shape index (κ1) is 11.1. The molecule has 0 spiro atoms. The number of fused-ring (bicyclic) bond motifs is 5. The van der Waals surface area contributed by atoms with Crippen LogP contribution in [0.25, 0.3) is 32.7 Å². The number of nitrogens with one attached hydrogen (secondary N) is 1. The Labute approximate surface area is 119 Å². The van der Waals surface area contributed by atoms with Gasteiger partial charge in [-0.05, 0) is 24.3 Å². The minimum Gasteiger partial charge on any atom is -0.354 e. The van der Waals surface area contributed by atoms with Crippen LogP contribution in [0.2, 0.25) is 10.2 Å². The molecule has 2 aromatic heterocycles. The molecule has 0 saturated carbocycles. The van der Waals surface area contributed by atoms with Crippen molar-refractivity contribution in [1.82, 2.24) is 9.97 Å². The zero-order valence-corrected chi connectivity index (χ0v) is 11.3. The number of aromatic nitrogens is 2. The number of para-hydroxylation sites is 1. The quantitative estimate of drug-likeness (QED) is 0.444. The molecule has 0 saturated heterocycles. The predicted molar refractivity (Wildman–Crippen MR) is 81.1 cm³/mol. The van der Waals surface area contributed by atoms with Crippen LogP contribution in [0, 0.1) is 0 Å². The average Bonchev–Trinajstić information content (AvgIpc) is 2.80. The van der Waals surface area contributed by atoms with Gasteiger partial charge in [0.15, 0.2) is 0 Å². The van der Waals surface area contributed by atoms with Gasteiger partial charge in [-0.15, -0.1) is 0 Å². The molecule has 2 heterocycles. The maximum Gasteiger partial charge on any atom is 0.139 e. The van der Waals surface area contributed by atoms with Crippen molar-refractivity contribution in [2.24, 2.45) is 0 Å². The zero-order chi connectivity index (χ0) is 13.0. The highest BCUT2D eigenvalue weighted by Crippen LogP contribution is 2.35. The maximum absolute atomic E-state index is 6.33. The normalized spacial score (nSPS) is 11.7. The van der Waals surface area contributed by atoms with Crippen molar-refractivity contribution in [2.75, 3.05) is 0 Å². The molecule has 0 aliphatic carbocycles. The highest BCUT2D eigenvalue weighted by Gasteiger charge is 2.12. The molecule has 19 heavy (non-hydrogen) atoms. The number of hydrogen-bond donors (Lipinski definition) is 1. The van der Waals surface area contributed by atoms with Gasteiger partial charge in [0.2, 0.25) is 0 Å². The molecule has 4 aromatic rings. The second-order valence-electron chi connectivity index (χ2n) is 4.48. The number of rotatable bonds is 0. The number of pyridine rings is 1. The summed E-state index contributed by atoms with van der Waals surface area (Å²) in [6.07, 6.45) is 0. The average molecular weight is 287 g/mol. The lowest BCUT2D eigenvalue weighted by atomic mass is 10.1. The fraction of sp³-hybridized carbons (Fsp3) is 0. The van der Waals surface area contributed by atoms with E-state index in [0.717, 1.165) is 32.7 Å². The highest BCUT2D eigenvalue weighted by atomic mass is 35.5. The lowest BCUT2D eigenvalue weighted by Crippen LogP contribution is -1.83. The molecule has 2 aromatic carbocycles. The Balaban J connectivity index is 2.35. The number of halogens is 2. The summed E-state index contributed by atoms with van der Waals surface area (Å²) >= 11 is 12.4. The summed E-state index contributed by atoms with van der Waals surface area (Å²) in [7, 11) is 0. The van der Waals surface area contributed by atoms with Crippen LogP contribution in [0.3, 0.4) is 0 Å². The number of benzene rings is 2. The van der Waals surface area contributed by atoms with Crippen molar-refractivity contribution >= 4 is 55.9 Å². The third kappa shape index (κ3) is 1.54. The minimum absolute atomic E-state index is 0.516. The fourth-order valence-corrected chi connectivity index (χ4v) is 2.99. The molecule has 0 bridgehead atoms. The van der Waals surface area contributed by atoms with Crippen LogP contribution in [-0.4, -0.2) is 9.97 Å². The second kappa shape index (κ2) is 3.86. The second-order valence-corrected chi connectivity index (χ2v) is 5.28. The van der Waals surface area contributed by atoms with E-state index in [1.165, 1.54) is 0 Å². The van der Waals surface area contributed by atoms with Crippen LogP contribution in [0.4, 0.5) is 0 Å². The molecule has 1 N–H and O–H groups in total. The summed E-state index contributed by atoms with van der Waals surface area (Å²) in [5.41, 5.74) is 2.88. The summed E-state index contributed by atoms with van der Waals surface area (Å²) in [6.45, 7) is 0. The lowest BCUT2D eigenvalue weighted by molar-refractivity contribution is 1.44. The first-order chi connectivity index (χ1) is 9.24. The Kier molecular flexibility index (Phi) is 2.25. The summed E-state index contributed by atoms with van der Waals surface area (Å²) in [6, 6.07) is 13.7. The van der Waals surface area contributed by atoms with Gasteiger partial charge in [0, 0.05) is 26.7 Å². The van der Waals surface area contributed by atoms with Crippen LogP contribution in [0.1, 0.15) is 0 Å². The summed E-state index contributed by atoms with van der Waals surface area (Å²) in [4.78, 5) is 7.86. The topological polar surface area (TPSA) is 28.7 Å². The van der Waals surface area contributed by atoms with Gasteiger partial charge in [-0.3, -0.25) is 0 Å². The standard InChI is InChI=1S/C15H8Cl2N2/c16-8-5-6-12-10(7-8)14-13(15(17)19-12)9-3-1-2-4-11(9)18-14/h1-7,18H. The van der Waals surface area contributed by atoms with E-state index >= 15 is 0 Å². The van der Waals surface area contributed by atoms with Gasteiger partial charge >= 0.3 is 0 Å². The molecular weight excluding hydrogens is 279 g/mol. The van der Waals surface area contributed by atoms with E-state index in [9.17, 15) is 0 Å². The van der Waals surface area contributed by atoms with Crippen LogP contribution in [-0.2, 0) is 0 Å². The Hall–Kier alpha value is -1.77. The van der Waals surface area contributed by atoms with Crippen LogP contribution in [0.5, 0.6) is 0 Å². The van der Waals surface area contributed by atoms with Crippen molar-refractivity contribution < 1.29 is 0 Å². The summed E-state index contributed by atoms with van der Waals surface area (Å²) < 4.78 is 0. The third-order valence-electron chi connectivity index (χ3n) is 3.36. The number of H-pyrrole nitrogens is 1. The molecule has 0 radical (unpaired) electrons. The molecular formula is C15H8Cl2N2. The van der Waals surface area contributed by atoms with Gasteiger partial charge in [-0.1, -0.05) is 41.4 Å². The van der Waals surface area contributed by atoms with Crippen molar-refractivity contribution in [2.45, 2.75) is 0 Å². The molecule has 0 aliphatic rings. The van der Waals surface area contributed by atoms with E-state index in [1.807, 2.05) is 42.5 Å². The van der Waals surface area contributed by atoms with Gasteiger partial charge in [-0.2, -0.15) is 0 Å². The highest BCUT2D eigenvalue weighted by molar-refractivity contribution is 6.39. The molecule has 4 rings (SSSR count). The van der Waals surface area contributed by atoms with Gasteiger partial charge < -0.3 is 4.98 Å². The van der Waals surface area contributed by atoms with E-state index in [-0.39, 0.29) is 0 Å². The Morgan fingerprint density at radius 2 is 1.79 bits per heavy atom. The van der Waals surface area contributed by atoms with Crippen LogP contribution < -0.4 is 0 Å². The summed E-state index contributed by atoms with van der Waals surface area (Å²) in [5, 5.41) is 4.23. The summed E-state index contributed by atoms with van der Waals surface area (Å²) in [5.74, 6) is 0. The Morgan fingerprint density at radius 1 is 0.947 bits per heavy atom. The van der Waals surface area contributed by atoms with Crippen molar-refractivity contribution in [3.05, 3.63) is 52.6 Å². The van der Waals surface area contributed by atoms with Crippen LogP contribution >= 0.6 is 23.2 Å². The first-order valence-corrected chi connectivity index (χ1v) is 6.65. The minimum atomic E-state index is 0.516. The largest absolute Gasteiger partial charge is 0.354 e. The van der Waals surface area contributed by atoms with Crippen molar-refractivity contribution in [1.29, 1.82) is 0 Å². The maximum atomic E-state index is 6.33. The fourth-order valence-electron chi connectivity index (χ4n) is 2.53. The lowest BCUT2D eigenvalue weighted by Gasteiger charge is -2.02.